The summed E-state index contributed by atoms with van der Waals surface area (Å²) in [7, 11) is 4.48. The van der Waals surface area contributed by atoms with E-state index in [1.807, 2.05) is 0 Å². The van der Waals surface area contributed by atoms with E-state index in [0.29, 0.717) is 5.56 Å². The lowest BCUT2D eigenvalue weighted by Crippen LogP contribution is -2.30. The second-order valence-electron chi connectivity index (χ2n) is 3.92. The number of carbonyl (C=O) groups is 2. The van der Waals surface area contributed by atoms with Crippen LogP contribution in [0, 0.1) is 0 Å². The van der Waals surface area contributed by atoms with Crippen molar-refractivity contribution in [3.05, 3.63) is 34.2 Å². The molecule has 0 fully saturated rings. The molecule has 1 aromatic heterocycles. The van der Waals surface area contributed by atoms with Crippen LogP contribution in [0.4, 0.5) is 0 Å². The van der Waals surface area contributed by atoms with E-state index in [1.54, 1.807) is 20.2 Å². The Hall–Kier alpha value is -2.11. The number of methoxy groups -OCH3 is 1. The number of nitrogens with zero attached hydrogens (tertiary/aromatic N) is 2. The average Bonchev–Trinajstić information content (AvgIpc) is 2.37. The largest absolute Gasteiger partial charge is 0.469 e. The molecule has 18 heavy (non-hydrogen) atoms. The third-order valence-corrected chi connectivity index (χ3v) is 2.58. The van der Waals surface area contributed by atoms with E-state index >= 15 is 0 Å². The SMILES string of the molecule is COC(=O)CCN(C)C(=O)c1ccn(C)c(=O)c1. The van der Waals surface area contributed by atoms with Gasteiger partial charge in [-0.25, -0.2) is 0 Å². The van der Waals surface area contributed by atoms with Gasteiger partial charge < -0.3 is 14.2 Å². The minimum absolute atomic E-state index is 0.129. The molecule has 1 heterocycles. The molecule has 98 valence electrons. The molecule has 0 radical (unpaired) electrons. The number of aromatic nitrogens is 1. The fourth-order valence-corrected chi connectivity index (χ4v) is 1.36. The maximum atomic E-state index is 11.9. The molecule has 0 unspecified atom stereocenters. The fourth-order valence-electron chi connectivity index (χ4n) is 1.36. The molecule has 0 atom stereocenters. The van der Waals surface area contributed by atoms with Crippen molar-refractivity contribution in [1.29, 1.82) is 0 Å². The Morgan fingerprint density at radius 1 is 1.44 bits per heavy atom. The molecule has 1 aromatic rings. The molecule has 0 aromatic carbocycles. The van der Waals surface area contributed by atoms with Crippen molar-refractivity contribution in [1.82, 2.24) is 9.47 Å². The van der Waals surface area contributed by atoms with Crippen molar-refractivity contribution < 1.29 is 14.3 Å². The van der Waals surface area contributed by atoms with E-state index in [2.05, 4.69) is 4.74 Å². The first-order valence-electron chi connectivity index (χ1n) is 5.44. The predicted octanol–water partition coefficient (Wildman–Crippen LogP) is 0.0204. The van der Waals surface area contributed by atoms with Crippen LogP contribution in [0.2, 0.25) is 0 Å². The van der Waals surface area contributed by atoms with Crippen LogP contribution < -0.4 is 5.56 Å². The molecule has 0 saturated carbocycles. The maximum absolute atomic E-state index is 11.9. The molecule has 0 aliphatic heterocycles. The normalized spacial score (nSPS) is 9.94. The third kappa shape index (κ3) is 3.44. The molecule has 0 spiro atoms. The van der Waals surface area contributed by atoms with Crippen molar-refractivity contribution in [3.63, 3.8) is 0 Å². The number of ether oxygens (including phenoxy) is 1. The smallest absolute Gasteiger partial charge is 0.307 e. The topological polar surface area (TPSA) is 68.6 Å². The van der Waals surface area contributed by atoms with Crippen LogP contribution in [0.15, 0.2) is 23.1 Å². The van der Waals surface area contributed by atoms with E-state index in [1.165, 1.54) is 28.8 Å². The highest BCUT2D eigenvalue weighted by Crippen LogP contribution is 2.01. The fraction of sp³-hybridized carbons (Fsp3) is 0.417. The van der Waals surface area contributed by atoms with Crippen LogP contribution >= 0.6 is 0 Å². The zero-order chi connectivity index (χ0) is 13.7. The molecule has 6 heteroatoms. The van der Waals surface area contributed by atoms with E-state index in [9.17, 15) is 14.4 Å². The van der Waals surface area contributed by atoms with Crippen molar-refractivity contribution in [2.24, 2.45) is 7.05 Å². The Morgan fingerprint density at radius 2 is 2.11 bits per heavy atom. The number of carbonyl (C=O) groups excluding carboxylic acids is 2. The van der Waals surface area contributed by atoms with Gasteiger partial charge in [0.05, 0.1) is 13.5 Å². The molecular weight excluding hydrogens is 236 g/mol. The number of aryl methyl sites for hydroxylation is 1. The van der Waals surface area contributed by atoms with Crippen LogP contribution in [0.3, 0.4) is 0 Å². The molecule has 6 nitrogen and oxygen atoms in total. The number of rotatable bonds is 4. The predicted molar refractivity (Wildman–Crippen MR) is 65.3 cm³/mol. The summed E-state index contributed by atoms with van der Waals surface area (Å²) in [6.45, 7) is 0.251. The molecule has 1 rings (SSSR count). The number of hydrogen-bond acceptors (Lipinski definition) is 4. The van der Waals surface area contributed by atoms with Gasteiger partial charge in [0.15, 0.2) is 0 Å². The van der Waals surface area contributed by atoms with Crippen molar-refractivity contribution in [2.45, 2.75) is 6.42 Å². The summed E-state index contributed by atoms with van der Waals surface area (Å²) in [5.74, 6) is -0.671. The lowest BCUT2D eigenvalue weighted by Gasteiger charge is -2.16. The second kappa shape index (κ2) is 6.00. The molecule has 1 amide bonds. The van der Waals surface area contributed by atoms with E-state index < -0.39 is 0 Å². The van der Waals surface area contributed by atoms with Gasteiger partial charge in [0.1, 0.15) is 0 Å². The monoisotopic (exact) mass is 252 g/mol. The summed E-state index contributed by atoms with van der Waals surface area (Å²) in [6.07, 6.45) is 1.66. The van der Waals surface area contributed by atoms with Crippen LogP contribution in [-0.2, 0) is 16.6 Å². The summed E-state index contributed by atoms with van der Waals surface area (Å²) in [6, 6.07) is 2.84. The molecule has 0 bridgehead atoms. The highest BCUT2D eigenvalue weighted by Gasteiger charge is 2.13. The number of esters is 1. The lowest BCUT2D eigenvalue weighted by molar-refractivity contribution is -0.140. The van der Waals surface area contributed by atoms with Gasteiger partial charge in [-0.15, -0.1) is 0 Å². The maximum Gasteiger partial charge on any atom is 0.307 e. The minimum atomic E-state index is -0.376. The molecule has 0 aliphatic rings. The van der Waals surface area contributed by atoms with Crippen LogP contribution in [-0.4, -0.2) is 42.0 Å². The van der Waals surface area contributed by atoms with Gasteiger partial charge in [-0.05, 0) is 6.07 Å². The van der Waals surface area contributed by atoms with Gasteiger partial charge in [-0.2, -0.15) is 0 Å². The number of amides is 1. The zero-order valence-corrected chi connectivity index (χ0v) is 10.7. The summed E-state index contributed by atoms with van der Waals surface area (Å²) in [5.41, 5.74) is 0.0627. The van der Waals surface area contributed by atoms with Crippen molar-refractivity contribution >= 4 is 11.9 Å². The first kappa shape index (κ1) is 14.0. The van der Waals surface area contributed by atoms with Crippen LogP contribution in [0.1, 0.15) is 16.8 Å². The standard InChI is InChI=1S/C12H16N2O4/c1-13-6-4-9(8-10(13)15)12(17)14(2)7-5-11(16)18-3/h4,6,8H,5,7H2,1-3H3. The minimum Gasteiger partial charge on any atom is -0.469 e. The highest BCUT2D eigenvalue weighted by atomic mass is 16.5. The summed E-state index contributed by atoms with van der Waals surface area (Å²) in [4.78, 5) is 35.7. The van der Waals surface area contributed by atoms with Crippen LogP contribution in [0.25, 0.3) is 0 Å². The second-order valence-corrected chi connectivity index (χ2v) is 3.92. The Balaban J connectivity index is 2.71. The Morgan fingerprint density at radius 3 is 2.67 bits per heavy atom. The molecule has 0 N–H and O–H groups in total. The van der Waals surface area contributed by atoms with Gasteiger partial charge in [-0.3, -0.25) is 14.4 Å². The van der Waals surface area contributed by atoms with Crippen molar-refractivity contribution in [2.75, 3.05) is 20.7 Å². The van der Waals surface area contributed by atoms with Gasteiger partial charge in [0, 0.05) is 38.5 Å². The number of pyridine rings is 1. The number of hydrogen-bond donors (Lipinski definition) is 0. The average molecular weight is 252 g/mol. The first-order chi connectivity index (χ1) is 8.45. The molecule has 0 aliphatic carbocycles. The molecular formula is C12H16N2O4. The Kier molecular flexibility index (Phi) is 4.65. The Labute approximate surface area is 105 Å². The van der Waals surface area contributed by atoms with Gasteiger partial charge in [0.25, 0.3) is 11.5 Å². The lowest BCUT2D eigenvalue weighted by atomic mass is 10.2. The van der Waals surface area contributed by atoms with Crippen molar-refractivity contribution in [3.8, 4) is 0 Å². The van der Waals surface area contributed by atoms with Gasteiger partial charge in [0.2, 0.25) is 0 Å². The van der Waals surface area contributed by atoms with Gasteiger partial charge in [-0.1, -0.05) is 0 Å². The summed E-state index contributed by atoms with van der Waals surface area (Å²) >= 11 is 0. The highest BCUT2D eigenvalue weighted by molar-refractivity contribution is 5.94. The van der Waals surface area contributed by atoms with E-state index in [4.69, 9.17) is 0 Å². The zero-order valence-electron chi connectivity index (χ0n) is 10.7. The van der Waals surface area contributed by atoms with Crippen LogP contribution in [0.5, 0.6) is 0 Å². The third-order valence-electron chi connectivity index (χ3n) is 2.58. The summed E-state index contributed by atoms with van der Waals surface area (Å²) < 4.78 is 5.87. The first-order valence-corrected chi connectivity index (χ1v) is 5.44. The molecule has 0 saturated heterocycles. The van der Waals surface area contributed by atoms with E-state index in [-0.39, 0.29) is 30.4 Å². The summed E-state index contributed by atoms with van der Waals surface area (Å²) in [5, 5.41) is 0. The van der Waals surface area contributed by atoms with E-state index in [0.717, 1.165) is 0 Å². The van der Waals surface area contributed by atoms with Gasteiger partial charge >= 0.3 is 5.97 Å². The quantitative estimate of drug-likeness (QED) is 0.708. The Bertz CT molecular complexity index is 507.